The number of carbonyl (C=O) groups excluding carboxylic acids is 2. The minimum absolute atomic E-state index is 0.0699. The summed E-state index contributed by atoms with van der Waals surface area (Å²) in [4.78, 5) is 25.0. The smallest absolute Gasteiger partial charge is 0.269 e. The molecule has 0 radical (unpaired) electrons. The second-order valence-electron chi connectivity index (χ2n) is 7.44. The van der Waals surface area contributed by atoms with Gasteiger partial charge in [0.1, 0.15) is 4.90 Å². The molecule has 1 aromatic rings. The van der Waals surface area contributed by atoms with Crippen molar-refractivity contribution in [2.75, 3.05) is 0 Å². The SMILES string of the molecule is CCC1CCCCC1NC(=O)c1ccc2c(c1)S(=O)(=O)N(C(C)C)C2=O. The lowest BCUT2D eigenvalue weighted by Crippen LogP contribution is -2.41. The molecular weight excluding hydrogens is 352 g/mol. The average molecular weight is 378 g/mol. The zero-order valence-electron chi connectivity index (χ0n) is 15.5. The van der Waals surface area contributed by atoms with E-state index in [0.29, 0.717) is 5.92 Å². The zero-order chi connectivity index (χ0) is 19.1. The number of fused-ring (bicyclic) bond motifs is 1. The molecule has 1 fully saturated rings. The number of nitrogens with zero attached hydrogens (tertiary/aromatic N) is 1. The molecule has 1 aliphatic heterocycles. The molecule has 2 aliphatic rings. The summed E-state index contributed by atoms with van der Waals surface area (Å²) in [5.74, 6) is -0.340. The van der Waals surface area contributed by atoms with Gasteiger partial charge in [-0.05, 0) is 50.8 Å². The van der Waals surface area contributed by atoms with Crippen LogP contribution in [0.25, 0.3) is 0 Å². The van der Waals surface area contributed by atoms with Gasteiger partial charge < -0.3 is 5.32 Å². The quantitative estimate of drug-likeness (QED) is 0.873. The van der Waals surface area contributed by atoms with Gasteiger partial charge in [0, 0.05) is 17.6 Å². The summed E-state index contributed by atoms with van der Waals surface area (Å²) in [6.45, 7) is 5.44. The van der Waals surface area contributed by atoms with E-state index in [4.69, 9.17) is 0 Å². The van der Waals surface area contributed by atoms with Crippen molar-refractivity contribution in [2.45, 2.75) is 69.9 Å². The number of hydrogen-bond donors (Lipinski definition) is 1. The van der Waals surface area contributed by atoms with Crippen molar-refractivity contribution in [1.82, 2.24) is 9.62 Å². The molecule has 1 saturated carbocycles. The van der Waals surface area contributed by atoms with E-state index in [1.165, 1.54) is 24.6 Å². The highest BCUT2D eigenvalue weighted by molar-refractivity contribution is 7.90. The van der Waals surface area contributed by atoms with Crippen LogP contribution >= 0.6 is 0 Å². The summed E-state index contributed by atoms with van der Waals surface area (Å²) in [5.41, 5.74) is 0.422. The van der Waals surface area contributed by atoms with E-state index in [0.717, 1.165) is 30.0 Å². The van der Waals surface area contributed by atoms with Crippen molar-refractivity contribution < 1.29 is 18.0 Å². The normalized spacial score (nSPS) is 24.6. The third-order valence-electron chi connectivity index (χ3n) is 5.43. The number of hydrogen-bond acceptors (Lipinski definition) is 4. The molecule has 142 valence electrons. The number of carbonyl (C=O) groups is 2. The maximum absolute atomic E-state index is 12.7. The van der Waals surface area contributed by atoms with E-state index in [-0.39, 0.29) is 28.0 Å². The molecule has 1 N–H and O–H groups in total. The third-order valence-corrected chi connectivity index (χ3v) is 7.43. The Morgan fingerprint density at radius 1 is 1.27 bits per heavy atom. The Morgan fingerprint density at radius 2 is 1.96 bits per heavy atom. The molecule has 1 aliphatic carbocycles. The van der Waals surface area contributed by atoms with Crippen LogP contribution < -0.4 is 5.32 Å². The monoisotopic (exact) mass is 378 g/mol. The fraction of sp³-hybridized carbons (Fsp3) is 0.579. The Balaban J connectivity index is 1.87. The molecule has 7 heteroatoms. The Hall–Kier alpha value is -1.89. The summed E-state index contributed by atoms with van der Waals surface area (Å²) in [6.07, 6.45) is 5.36. The molecule has 1 aromatic carbocycles. The van der Waals surface area contributed by atoms with Crippen molar-refractivity contribution in [2.24, 2.45) is 5.92 Å². The average Bonchev–Trinajstić information content (AvgIpc) is 2.81. The van der Waals surface area contributed by atoms with Crippen molar-refractivity contribution in [3.8, 4) is 0 Å². The molecule has 3 rings (SSSR count). The van der Waals surface area contributed by atoms with Gasteiger partial charge in [-0.2, -0.15) is 0 Å². The van der Waals surface area contributed by atoms with Crippen molar-refractivity contribution >= 4 is 21.8 Å². The van der Waals surface area contributed by atoms with E-state index >= 15 is 0 Å². The number of benzene rings is 1. The molecule has 0 bridgehead atoms. The maximum atomic E-state index is 12.7. The largest absolute Gasteiger partial charge is 0.349 e. The van der Waals surface area contributed by atoms with Crippen LogP contribution in [0.4, 0.5) is 0 Å². The van der Waals surface area contributed by atoms with Crippen molar-refractivity contribution in [3.05, 3.63) is 29.3 Å². The van der Waals surface area contributed by atoms with Crippen molar-refractivity contribution in [1.29, 1.82) is 0 Å². The van der Waals surface area contributed by atoms with Gasteiger partial charge in [0.05, 0.1) is 5.56 Å². The van der Waals surface area contributed by atoms with Gasteiger partial charge in [-0.25, -0.2) is 12.7 Å². The predicted molar refractivity (Wildman–Crippen MR) is 98.4 cm³/mol. The minimum Gasteiger partial charge on any atom is -0.349 e. The number of amides is 2. The standard InChI is InChI=1S/C19H26N2O4S/c1-4-13-7-5-6-8-16(13)20-18(22)14-9-10-15-17(11-14)26(24,25)21(12(2)3)19(15)23/h9-13,16H,4-8H2,1-3H3,(H,20,22). The molecule has 2 atom stereocenters. The van der Waals surface area contributed by atoms with Crippen LogP contribution in [0.5, 0.6) is 0 Å². The van der Waals surface area contributed by atoms with Crippen LogP contribution in [0.15, 0.2) is 23.1 Å². The van der Waals surface area contributed by atoms with Gasteiger partial charge >= 0.3 is 0 Å². The van der Waals surface area contributed by atoms with E-state index < -0.39 is 22.0 Å². The summed E-state index contributed by atoms with van der Waals surface area (Å²) in [6, 6.07) is 3.98. The summed E-state index contributed by atoms with van der Waals surface area (Å²) >= 11 is 0. The Kier molecular flexibility index (Phi) is 5.10. The number of rotatable bonds is 4. The van der Waals surface area contributed by atoms with Gasteiger partial charge in [-0.1, -0.05) is 26.2 Å². The summed E-state index contributed by atoms with van der Waals surface area (Å²) < 4.78 is 26.2. The Labute approximate surface area is 155 Å². The Bertz CT molecular complexity index is 832. The van der Waals surface area contributed by atoms with Crippen LogP contribution in [0, 0.1) is 5.92 Å². The van der Waals surface area contributed by atoms with Gasteiger partial charge in [-0.15, -0.1) is 0 Å². The van der Waals surface area contributed by atoms with Crippen LogP contribution in [-0.2, 0) is 10.0 Å². The molecule has 2 unspecified atom stereocenters. The lowest BCUT2D eigenvalue weighted by molar-refractivity contribution is 0.0844. The predicted octanol–water partition coefficient (Wildman–Crippen LogP) is 2.94. The topological polar surface area (TPSA) is 83.6 Å². The molecule has 6 nitrogen and oxygen atoms in total. The fourth-order valence-electron chi connectivity index (χ4n) is 4.04. The molecule has 0 aromatic heterocycles. The van der Waals surface area contributed by atoms with E-state index in [1.807, 2.05) is 0 Å². The summed E-state index contributed by atoms with van der Waals surface area (Å²) in [5, 5.41) is 3.07. The highest BCUT2D eigenvalue weighted by atomic mass is 32.2. The second kappa shape index (κ2) is 7.02. The maximum Gasteiger partial charge on any atom is 0.269 e. The lowest BCUT2D eigenvalue weighted by atomic mass is 9.83. The highest BCUT2D eigenvalue weighted by Gasteiger charge is 2.43. The molecule has 26 heavy (non-hydrogen) atoms. The third kappa shape index (κ3) is 3.13. The van der Waals surface area contributed by atoms with Crippen LogP contribution in [0.2, 0.25) is 0 Å². The zero-order valence-corrected chi connectivity index (χ0v) is 16.3. The first-order valence-electron chi connectivity index (χ1n) is 9.31. The minimum atomic E-state index is -3.90. The first-order chi connectivity index (χ1) is 12.3. The molecule has 1 heterocycles. The molecule has 0 spiro atoms. The highest BCUT2D eigenvalue weighted by Crippen LogP contribution is 2.33. The first-order valence-corrected chi connectivity index (χ1v) is 10.7. The van der Waals surface area contributed by atoms with Gasteiger partial charge in [-0.3, -0.25) is 9.59 Å². The lowest BCUT2D eigenvalue weighted by Gasteiger charge is -2.31. The van der Waals surface area contributed by atoms with Gasteiger partial charge in [0.25, 0.3) is 21.8 Å². The van der Waals surface area contributed by atoms with Crippen LogP contribution in [0.3, 0.4) is 0 Å². The first kappa shape index (κ1) is 18.9. The molecule has 2 amide bonds. The van der Waals surface area contributed by atoms with E-state index in [9.17, 15) is 18.0 Å². The van der Waals surface area contributed by atoms with Crippen LogP contribution in [0.1, 0.15) is 73.6 Å². The molecular formula is C19H26N2O4S. The van der Waals surface area contributed by atoms with Crippen LogP contribution in [-0.4, -0.2) is 36.6 Å². The molecule has 0 saturated heterocycles. The van der Waals surface area contributed by atoms with E-state index in [1.54, 1.807) is 13.8 Å². The number of nitrogens with one attached hydrogen (secondary N) is 1. The Morgan fingerprint density at radius 3 is 2.62 bits per heavy atom. The van der Waals surface area contributed by atoms with E-state index in [2.05, 4.69) is 12.2 Å². The van der Waals surface area contributed by atoms with Crippen molar-refractivity contribution in [3.63, 3.8) is 0 Å². The van der Waals surface area contributed by atoms with Gasteiger partial charge in [0.15, 0.2) is 0 Å². The van der Waals surface area contributed by atoms with Gasteiger partial charge in [0.2, 0.25) is 0 Å². The number of sulfonamides is 1. The fourth-order valence-corrected chi connectivity index (χ4v) is 5.83. The second-order valence-corrected chi connectivity index (χ2v) is 9.23. The summed E-state index contributed by atoms with van der Waals surface area (Å²) in [7, 11) is -3.90.